The van der Waals surface area contributed by atoms with Gasteiger partial charge >= 0.3 is 5.97 Å². The van der Waals surface area contributed by atoms with Gasteiger partial charge in [0.1, 0.15) is 0 Å². The van der Waals surface area contributed by atoms with Crippen LogP contribution in [0.4, 0.5) is 17.2 Å². The predicted molar refractivity (Wildman–Crippen MR) is 77.8 cm³/mol. The number of pyridine rings is 1. The zero-order chi connectivity index (χ0) is 14.0. The third kappa shape index (κ3) is 2.85. The van der Waals surface area contributed by atoms with E-state index in [9.17, 15) is 4.79 Å². The van der Waals surface area contributed by atoms with Crippen LogP contribution >= 0.6 is 15.9 Å². The van der Waals surface area contributed by atoms with Gasteiger partial charge in [-0.3, -0.25) is 0 Å². The van der Waals surface area contributed by atoms with Crippen LogP contribution in [0.3, 0.4) is 0 Å². The number of anilines is 3. The molecular weight excluding hydrogens is 310 g/mol. The lowest BCUT2D eigenvalue weighted by atomic mass is 10.2. The van der Waals surface area contributed by atoms with Crippen molar-refractivity contribution < 1.29 is 9.90 Å². The molecule has 0 atom stereocenters. The normalized spacial score (nSPS) is 10.2. The highest BCUT2D eigenvalue weighted by Gasteiger charge is 2.13. The average molecular weight is 322 g/mol. The van der Waals surface area contributed by atoms with Crippen LogP contribution in [-0.2, 0) is 0 Å². The summed E-state index contributed by atoms with van der Waals surface area (Å²) >= 11 is 3.43. The van der Waals surface area contributed by atoms with Crippen molar-refractivity contribution in [3.63, 3.8) is 0 Å². The van der Waals surface area contributed by atoms with E-state index in [0.717, 1.165) is 15.7 Å². The summed E-state index contributed by atoms with van der Waals surface area (Å²) in [7, 11) is 0. The number of benzene rings is 1. The minimum atomic E-state index is -1.08. The molecule has 5 nitrogen and oxygen atoms in total. The number of aryl methyl sites for hydroxylation is 1. The van der Waals surface area contributed by atoms with Crippen molar-refractivity contribution in [1.82, 2.24) is 4.98 Å². The molecule has 4 N–H and O–H groups in total. The Morgan fingerprint density at radius 2 is 2.16 bits per heavy atom. The summed E-state index contributed by atoms with van der Waals surface area (Å²) in [5.74, 6) is -0.754. The number of carboxylic acids is 1. The van der Waals surface area contributed by atoms with Crippen LogP contribution in [0.15, 0.2) is 34.9 Å². The zero-order valence-electron chi connectivity index (χ0n) is 10.1. The SMILES string of the molecule is Cc1ccc(Nc2nccc(C(=O)O)c2N)c(Br)c1. The van der Waals surface area contributed by atoms with Crippen molar-refractivity contribution >= 4 is 39.1 Å². The maximum atomic E-state index is 11.0. The Morgan fingerprint density at radius 1 is 1.42 bits per heavy atom. The number of carbonyl (C=O) groups is 1. The van der Waals surface area contributed by atoms with Crippen molar-refractivity contribution in [1.29, 1.82) is 0 Å². The van der Waals surface area contributed by atoms with Gasteiger partial charge in [0.25, 0.3) is 0 Å². The number of nitrogens with zero attached hydrogens (tertiary/aromatic N) is 1. The number of aromatic nitrogens is 1. The molecule has 0 aliphatic carbocycles. The fourth-order valence-corrected chi connectivity index (χ4v) is 2.20. The number of nitrogen functional groups attached to an aromatic ring is 1. The standard InChI is InChI=1S/C13H12BrN3O2/c1-7-2-3-10(9(14)6-7)17-12-11(15)8(13(18)19)4-5-16-12/h2-6H,15H2,1H3,(H,16,17)(H,18,19). The molecule has 1 heterocycles. The molecule has 0 spiro atoms. The molecule has 0 saturated carbocycles. The van der Waals surface area contributed by atoms with Gasteiger partial charge in [-0.25, -0.2) is 9.78 Å². The van der Waals surface area contributed by atoms with Crippen LogP contribution in [0.1, 0.15) is 15.9 Å². The van der Waals surface area contributed by atoms with Gasteiger partial charge in [-0.05, 0) is 46.6 Å². The lowest BCUT2D eigenvalue weighted by Gasteiger charge is -2.11. The largest absolute Gasteiger partial charge is 0.478 e. The molecule has 1 aromatic heterocycles. The highest BCUT2D eigenvalue weighted by molar-refractivity contribution is 9.10. The molecule has 0 aliphatic rings. The van der Waals surface area contributed by atoms with Crippen LogP contribution in [0.25, 0.3) is 0 Å². The molecule has 98 valence electrons. The lowest BCUT2D eigenvalue weighted by Crippen LogP contribution is -2.07. The Balaban J connectivity index is 2.38. The van der Waals surface area contributed by atoms with Gasteiger partial charge in [0.2, 0.25) is 0 Å². The minimum Gasteiger partial charge on any atom is -0.478 e. The molecule has 2 aromatic rings. The first-order chi connectivity index (χ1) is 8.99. The number of hydrogen-bond acceptors (Lipinski definition) is 4. The molecule has 1 aromatic carbocycles. The highest BCUT2D eigenvalue weighted by Crippen LogP contribution is 2.29. The Morgan fingerprint density at radius 3 is 2.79 bits per heavy atom. The summed E-state index contributed by atoms with van der Waals surface area (Å²) in [5, 5.41) is 12.0. The van der Waals surface area contributed by atoms with Crippen LogP contribution < -0.4 is 11.1 Å². The summed E-state index contributed by atoms with van der Waals surface area (Å²) in [4.78, 5) is 15.1. The number of aromatic carboxylic acids is 1. The molecule has 0 fully saturated rings. The van der Waals surface area contributed by atoms with E-state index >= 15 is 0 Å². The third-order valence-corrected chi connectivity index (χ3v) is 3.25. The summed E-state index contributed by atoms with van der Waals surface area (Å²) in [6.07, 6.45) is 1.41. The quantitative estimate of drug-likeness (QED) is 0.808. The first kappa shape index (κ1) is 13.4. The molecule has 0 saturated heterocycles. The van der Waals surface area contributed by atoms with E-state index in [0.29, 0.717) is 5.82 Å². The van der Waals surface area contributed by atoms with E-state index in [1.54, 1.807) is 0 Å². The first-order valence-electron chi connectivity index (χ1n) is 5.50. The number of carboxylic acid groups (broad SMARTS) is 1. The van der Waals surface area contributed by atoms with E-state index < -0.39 is 5.97 Å². The molecule has 0 bridgehead atoms. The second-order valence-corrected chi connectivity index (χ2v) is 4.89. The Bertz CT molecular complexity index is 644. The maximum absolute atomic E-state index is 11.0. The summed E-state index contributed by atoms with van der Waals surface area (Å²) in [6, 6.07) is 7.12. The minimum absolute atomic E-state index is 0.0285. The summed E-state index contributed by atoms with van der Waals surface area (Å²) < 4.78 is 0.856. The fourth-order valence-electron chi connectivity index (χ4n) is 1.61. The van der Waals surface area contributed by atoms with Crippen molar-refractivity contribution in [2.75, 3.05) is 11.1 Å². The summed E-state index contributed by atoms with van der Waals surface area (Å²) in [6.45, 7) is 1.98. The second-order valence-electron chi connectivity index (χ2n) is 4.03. The van der Waals surface area contributed by atoms with Crippen LogP contribution in [-0.4, -0.2) is 16.1 Å². The van der Waals surface area contributed by atoms with E-state index in [2.05, 4.69) is 26.2 Å². The van der Waals surface area contributed by atoms with Crippen molar-refractivity contribution in [3.8, 4) is 0 Å². The Labute approximate surface area is 118 Å². The molecule has 0 amide bonds. The van der Waals surface area contributed by atoms with Gasteiger partial charge < -0.3 is 16.2 Å². The molecule has 0 aliphatic heterocycles. The number of halogens is 1. The first-order valence-corrected chi connectivity index (χ1v) is 6.29. The van der Waals surface area contributed by atoms with Gasteiger partial charge in [0, 0.05) is 10.7 Å². The van der Waals surface area contributed by atoms with Gasteiger partial charge in [-0.2, -0.15) is 0 Å². The van der Waals surface area contributed by atoms with Crippen molar-refractivity contribution in [2.45, 2.75) is 6.92 Å². The molecule has 0 radical (unpaired) electrons. The van der Waals surface area contributed by atoms with Crippen LogP contribution in [0, 0.1) is 6.92 Å². The smallest absolute Gasteiger partial charge is 0.337 e. The van der Waals surface area contributed by atoms with E-state index in [1.807, 2.05) is 25.1 Å². The Kier molecular flexibility index (Phi) is 3.71. The number of nitrogens with two attached hydrogens (primary N) is 1. The van der Waals surface area contributed by atoms with Crippen molar-refractivity contribution in [2.24, 2.45) is 0 Å². The highest BCUT2D eigenvalue weighted by atomic mass is 79.9. The average Bonchev–Trinajstić information content (AvgIpc) is 2.34. The molecule has 0 unspecified atom stereocenters. The van der Waals surface area contributed by atoms with Crippen LogP contribution in [0.2, 0.25) is 0 Å². The molecular formula is C13H12BrN3O2. The number of nitrogens with one attached hydrogen (secondary N) is 1. The molecule has 2 rings (SSSR count). The van der Waals surface area contributed by atoms with E-state index in [-0.39, 0.29) is 11.3 Å². The topological polar surface area (TPSA) is 88.2 Å². The fraction of sp³-hybridized carbons (Fsp3) is 0.0769. The number of hydrogen-bond donors (Lipinski definition) is 3. The van der Waals surface area contributed by atoms with Gasteiger partial charge in [-0.1, -0.05) is 6.07 Å². The Hall–Kier alpha value is -2.08. The van der Waals surface area contributed by atoms with Gasteiger partial charge in [-0.15, -0.1) is 0 Å². The monoisotopic (exact) mass is 321 g/mol. The zero-order valence-corrected chi connectivity index (χ0v) is 11.7. The van der Waals surface area contributed by atoms with Gasteiger partial charge in [0.05, 0.1) is 16.9 Å². The lowest BCUT2D eigenvalue weighted by molar-refractivity contribution is 0.0698. The molecule has 19 heavy (non-hydrogen) atoms. The second kappa shape index (κ2) is 5.27. The van der Waals surface area contributed by atoms with E-state index in [4.69, 9.17) is 10.8 Å². The third-order valence-electron chi connectivity index (χ3n) is 2.60. The van der Waals surface area contributed by atoms with Gasteiger partial charge in [0.15, 0.2) is 5.82 Å². The van der Waals surface area contributed by atoms with E-state index in [1.165, 1.54) is 12.3 Å². The van der Waals surface area contributed by atoms with Crippen LogP contribution in [0.5, 0.6) is 0 Å². The predicted octanol–water partition coefficient (Wildman–Crippen LogP) is 3.18. The maximum Gasteiger partial charge on any atom is 0.337 e. The van der Waals surface area contributed by atoms with Crippen molar-refractivity contribution in [3.05, 3.63) is 46.1 Å². The molecule has 6 heteroatoms. The number of rotatable bonds is 3. The summed E-state index contributed by atoms with van der Waals surface area (Å²) in [5.41, 5.74) is 7.81.